The van der Waals surface area contributed by atoms with Crippen molar-refractivity contribution in [3.63, 3.8) is 0 Å². The van der Waals surface area contributed by atoms with E-state index in [4.69, 9.17) is 49.9 Å². The van der Waals surface area contributed by atoms with Gasteiger partial charge < -0.3 is 48.9 Å². The molecule has 3 rings (SSSR count). The Balaban J connectivity index is 1.53. The van der Waals surface area contributed by atoms with Crippen LogP contribution in [0, 0.1) is 6.92 Å². The van der Waals surface area contributed by atoms with Crippen molar-refractivity contribution in [2.45, 2.75) is 6.92 Å². The number of aryl methyl sites for hydroxylation is 1. The molecule has 0 amide bonds. The van der Waals surface area contributed by atoms with Gasteiger partial charge >= 0.3 is 5.97 Å². The van der Waals surface area contributed by atoms with Crippen LogP contribution in [0.4, 0.5) is 28.8 Å². The van der Waals surface area contributed by atoms with Gasteiger partial charge in [-0.05, 0) is 30.7 Å². The zero-order valence-corrected chi connectivity index (χ0v) is 28.6. The Bertz CT molecular complexity index is 1600. The Labute approximate surface area is 284 Å². The lowest BCUT2D eigenvalue weighted by Crippen LogP contribution is -2.15. The highest BCUT2D eigenvalue weighted by Gasteiger charge is 2.15. The van der Waals surface area contributed by atoms with E-state index < -0.39 is 16.0 Å². The molecule has 0 unspecified atom stereocenters. The van der Waals surface area contributed by atoms with Crippen molar-refractivity contribution in [2.75, 3.05) is 95.3 Å². The van der Waals surface area contributed by atoms with Crippen LogP contribution in [0.2, 0.25) is 5.02 Å². The Morgan fingerprint density at radius 2 is 1.48 bits per heavy atom. The monoisotopic (exact) mass is 713 g/mol. The Hall–Kier alpha value is -4.13. The quantitative estimate of drug-likeness (QED) is 0.103. The SMILES string of the molecule is COc1ccc(Nc2nc(Nc3cc(OCCOCCOCCOCCOCC(=O)O)c(OC)cc3C)ncc2Cl)c(NS(C)(=O)=O)c1. The number of carbonyl (C=O) groups is 1. The summed E-state index contributed by atoms with van der Waals surface area (Å²) in [5, 5.41) is 14.9. The molecule has 0 aliphatic carbocycles. The second-order valence-electron chi connectivity index (χ2n) is 9.88. The molecule has 1 heterocycles. The van der Waals surface area contributed by atoms with Crippen molar-refractivity contribution in [1.29, 1.82) is 0 Å². The molecule has 264 valence electrons. The highest BCUT2D eigenvalue weighted by molar-refractivity contribution is 7.92. The Morgan fingerprint density at radius 3 is 2.08 bits per heavy atom. The number of benzene rings is 2. The van der Waals surface area contributed by atoms with Crippen LogP contribution in [0.15, 0.2) is 36.5 Å². The molecule has 0 fully saturated rings. The van der Waals surface area contributed by atoms with Gasteiger partial charge in [-0.2, -0.15) is 4.98 Å². The van der Waals surface area contributed by atoms with Crippen LogP contribution in [0.5, 0.6) is 17.2 Å². The summed E-state index contributed by atoms with van der Waals surface area (Å²) in [6, 6.07) is 8.39. The molecule has 0 saturated heterocycles. The van der Waals surface area contributed by atoms with Gasteiger partial charge in [0.1, 0.15) is 24.0 Å². The smallest absolute Gasteiger partial charge is 0.329 e. The van der Waals surface area contributed by atoms with E-state index >= 15 is 0 Å². The molecule has 1 aromatic heterocycles. The van der Waals surface area contributed by atoms with Crippen LogP contribution in [0.25, 0.3) is 0 Å². The van der Waals surface area contributed by atoms with Crippen LogP contribution in [-0.2, 0) is 33.8 Å². The topological polar surface area (TPSA) is 198 Å². The number of hydrogen-bond acceptors (Lipinski definition) is 14. The molecule has 2 aromatic carbocycles. The third kappa shape index (κ3) is 13.5. The number of nitrogens with zero attached hydrogens (tertiary/aromatic N) is 2. The van der Waals surface area contributed by atoms with Gasteiger partial charge in [-0.25, -0.2) is 18.2 Å². The molecular weight excluding hydrogens is 674 g/mol. The summed E-state index contributed by atoms with van der Waals surface area (Å²) in [6.07, 6.45) is 2.46. The third-order valence-corrected chi connectivity index (χ3v) is 6.97. The zero-order valence-electron chi connectivity index (χ0n) is 27.0. The van der Waals surface area contributed by atoms with Crippen molar-refractivity contribution >= 4 is 56.4 Å². The fraction of sp³-hybridized carbons (Fsp3) is 0.433. The molecule has 0 radical (unpaired) electrons. The number of halogens is 1. The van der Waals surface area contributed by atoms with E-state index in [1.54, 1.807) is 25.3 Å². The van der Waals surface area contributed by atoms with E-state index in [0.29, 0.717) is 61.7 Å². The number of aromatic nitrogens is 2. The second-order valence-corrected chi connectivity index (χ2v) is 12.0. The summed E-state index contributed by atoms with van der Waals surface area (Å²) in [5.41, 5.74) is 2.11. The number of aliphatic carboxylic acids is 1. The lowest BCUT2D eigenvalue weighted by atomic mass is 10.1. The number of carboxylic acids is 1. The van der Waals surface area contributed by atoms with Gasteiger partial charge in [-0.15, -0.1) is 0 Å². The van der Waals surface area contributed by atoms with E-state index in [9.17, 15) is 13.2 Å². The lowest BCUT2D eigenvalue weighted by molar-refractivity contribution is -0.142. The van der Waals surface area contributed by atoms with E-state index in [0.717, 1.165) is 11.8 Å². The molecule has 0 spiro atoms. The molecule has 0 aliphatic heterocycles. The number of sulfonamides is 1. The predicted octanol–water partition coefficient (Wildman–Crippen LogP) is 3.84. The molecule has 16 nitrogen and oxygen atoms in total. The van der Waals surface area contributed by atoms with Gasteiger partial charge in [0, 0.05) is 17.8 Å². The normalized spacial score (nSPS) is 11.2. The molecular formula is C30H40ClN5O11S. The van der Waals surface area contributed by atoms with Crippen LogP contribution in [-0.4, -0.2) is 109 Å². The minimum absolute atomic E-state index is 0.201. The second kappa shape index (κ2) is 19.6. The number of hydrogen-bond donors (Lipinski definition) is 4. The first-order valence-electron chi connectivity index (χ1n) is 14.6. The molecule has 3 aromatic rings. The summed E-state index contributed by atoms with van der Waals surface area (Å²) in [4.78, 5) is 19.1. The number of anilines is 5. The van der Waals surface area contributed by atoms with Crippen molar-refractivity contribution in [2.24, 2.45) is 0 Å². The molecule has 0 atom stereocenters. The highest BCUT2D eigenvalue weighted by Crippen LogP contribution is 2.36. The largest absolute Gasteiger partial charge is 0.497 e. The summed E-state index contributed by atoms with van der Waals surface area (Å²) < 4.78 is 64.2. The summed E-state index contributed by atoms with van der Waals surface area (Å²) in [7, 11) is -0.571. The number of nitrogens with one attached hydrogen (secondary N) is 3. The van der Waals surface area contributed by atoms with Crippen LogP contribution >= 0.6 is 11.6 Å². The minimum atomic E-state index is -3.59. The average Bonchev–Trinajstić information content (AvgIpc) is 3.03. The van der Waals surface area contributed by atoms with Gasteiger partial charge in [-0.1, -0.05) is 11.6 Å². The third-order valence-electron chi connectivity index (χ3n) is 6.10. The summed E-state index contributed by atoms with van der Waals surface area (Å²) >= 11 is 6.38. The van der Waals surface area contributed by atoms with E-state index in [2.05, 4.69) is 25.3 Å². The minimum Gasteiger partial charge on any atom is -0.497 e. The number of methoxy groups -OCH3 is 2. The summed E-state index contributed by atoms with van der Waals surface area (Å²) in [6.45, 7) is 4.01. The van der Waals surface area contributed by atoms with E-state index in [1.807, 2.05) is 13.0 Å². The first-order chi connectivity index (χ1) is 23.0. The summed E-state index contributed by atoms with van der Waals surface area (Å²) in [5.74, 6) is 0.875. The lowest BCUT2D eigenvalue weighted by Gasteiger charge is -2.17. The standard InChI is InChI=1S/C30H40ClN5O11S/c1-20-15-26(42-3)27(47-14-13-45-10-9-43-7-8-44-11-12-46-19-28(37)38)17-24(20)34-30-32-18-22(31)29(35-30)33-23-6-5-21(41-2)16-25(23)36-48(4,39)40/h5-6,15-18,36H,7-14,19H2,1-4H3,(H,37,38)(H2,32,33,34,35). The van der Waals surface area contributed by atoms with Crippen molar-refractivity contribution in [3.05, 3.63) is 47.1 Å². The van der Waals surface area contributed by atoms with Gasteiger partial charge in [-0.3, -0.25) is 4.72 Å². The predicted molar refractivity (Wildman–Crippen MR) is 179 cm³/mol. The first kappa shape index (κ1) is 38.3. The first-order valence-corrected chi connectivity index (χ1v) is 16.8. The van der Waals surface area contributed by atoms with Crippen molar-refractivity contribution in [1.82, 2.24) is 9.97 Å². The molecule has 4 N–H and O–H groups in total. The highest BCUT2D eigenvalue weighted by atomic mass is 35.5. The van der Waals surface area contributed by atoms with Gasteiger partial charge in [0.25, 0.3) is 0 Å². The van der Waals surface area contributed by atoms with Gasteiger partial charge in [0.15, 0.2) is 17.3 Å². The number of rotatable bonds is 23. The Kier molecular flexibility index (Phi) is 15.7. The van der Waals surface area contributed by atoms with Crippen LogP contribution in [0.3, 0.4) is 0 Å². The van der Waals surface area contributed by atoms with Crippen molar-refractivity contribution < 1.29 is 51.5 Å². The fourth-order valence-corrected chi connectivity index (χ4v) is 4.61. The number of carboxylic acid groups (broad SMARTS) is 1. The molecule has 0 aliphatic rings. The van der Waals surface area contributed by atoms with E-state index in [-0.39, 0.29) is 48.9 Å². The molecule has 48 heavy (non-hydrogen) atoms. The van der Waals surface area contributed by atoms with E-state index in [1.165, 1.54) is 19.4 Å². The van der Waals surface area contributed by atoms with Crippen LogP contribution < -0.4 is 29.6 Å². The van der Waals surface area contributed by atoms with Crippen LogP contribution in [0.1, 0.15) is 5.56 Å². The molecule has 18 heteroatoms. The zero-order chi connectivity index (χ0) is 34.9. The fourth-order valence-electron chi connectivity index (χ4n) is 3.90. The average molecular weight is 714 g/mol. The Morgan fingerprint density at radius 1 is 0.833 bits per heavy atom. The van der Waals surface area contributed by atoms with Crippen molar-refractivity contribution in [3.8, 4) is 17.2 Å². The van der Waals surface area contributed by atoms with Gasteiger partial charge in [0.2, 0.25) is 16.0 Å². The maximum atomic E-state index is 11.9. The maximum Gasteiger partial charge on any atom is 0.329 e. The molecule has 0 saturated carbocycles. The van der Waals surface area contributed by atoms with Gasteiger partial charge in [0.05, 0.1) is 84.3 Å². The maximum absolute atomic E-state index is 11.9. The molecule has 0 bridgehead atoms. The number of ether oxygens (including phenoxy) is 7.